The van der Waals surface area contributed by atoms with Crippen molar-refractivity contribution in [1.29, 1.82) is 0 Å². The highest BCUT2D eigenvalue weighted by Gasteiger charge is 2.52. The first-order valence-electron chi connectivity index (χ1n) is 51.3. The maximum atomic E-state index is 14.3. The largest absolute Gasteiger partial charge is 0.467 e. The molecule has 6 heterocycles. The minimum Gasteiger partial charge on any atom is -0.467 e. The zero-order valence-corrected chi connectivity index (χ0v) is 84.3. The molecule has 5 saturated carbocycles. The van der Waals surface area contributed by atoms with Crippen LogP contribution in [0.25, 0.3) is 49.3 Å². The van der Waals surface area contributed by atoms with Gasteiger partial charge in [0, 0.05) is 45.1 Å². The summed E-state index contributed by atoms with van der Waals surface area (Å²) in [6.07, 6.45) is 34.1. The van der Waals surface area contributed by atoms with E-state index in [-0.39, 0.29) is 87.2 Å². The molecule has 6 amide bonds. The molecule has 5 aliphatic carbocycles. The van der Waals surface area contributed by atoms with Gasteiger partial charge in [-0.25, -0.2) is 29.5 Å². The predicted octanol–water partition coefficient (Wildman–Crippen LogP) is 24.3. The molecule has 5 atom stereocenters. The van der Waals surface area contributed by atoms with E-state index >= 15 is 0 Å². The molecule has 24 nitrogen and oxygen atoms in total. The number of rotatable bonds is 37. The van der Waals surface area contributed by atoms with Gasteiger partial charge in [-0.3, -0.25) is 42.5 Å². The lowest BCUT2D eigenvalue weighted by Crippen LogP contribution is -2.62. The predicted molar refractivity (Wildman–Crippen MR) is 552 cm³/mol. The molecule has 0 saturated heterocycles. The van der Waals surface area contributed by atoms with Crippen molar-refractivity contribution in [2.75, 3.05) is 13.6 Å². The number of fused-ring (bicyclic) bond motifs is 4. The Hall–Kier alpha value is -12.1. The monoisotopic (exact) mass is 1880 g/mol. The van der Waals surface area contributed by atoms with E-state index in [4.69, 9.17) is 23.8 Å². The minimum absolute atomic E-state index is 0.00663. The number of para-hydroxylation sites is 5. The molecule has 0 radical (unpaired) electrons. The highest BCUT2D eigenvalue weighted by atomic mass is 16.3. The van der Waals surface area contributed by atoms with Gasteiger partial charge in [0.2, 0.25) is 11.8 Å². The van der Waals surface area contributed by atoms with Gasteiger partial charge in [0.1, 0.15) is 34.8 Å². The number of nitrogens with zero attached hydrogens (tertiary/aromatic N) is 11. The van der Waals surface area contributed by atoms with Crippen molar-refractivity contribution in [1.82, 2.24) is 68.9 Å². The maximum Gasteiger partial charge on any atom is 0.318 e. The van der Waals surface area contributed by atoms with Crippen molar-refractivity contribution >= 4 is 67.5 Å². The molecular weight excluding hydrogens is 1730 g/mol. The number of carbonyl (C=O) groups is 4. The van der Waals surface area contributed by atoms with Crippen LogP contribution in [0.15, 0.2) is 216 Å². The zero-order valence-electron chi connectivity index (χ0n) is 84.3. The Morgan fingerprint density at radius 1 is 0.522 bits per heavy atom. The Morgan fingerprint density at radius 2 is 1.02 bits per heavy atom. The summed E-state index contributed by atoms with van der Waals surface area (Å²) in [5.74, 6) is 6.80. The van der Waals surface area contributed by atoms with E-state index < -0.39 is 6.04 Å². The standard InChI is InChI=1S/C36H47N3O3.C34H44N4O2.C26H35N3O3.C18H24N4O2/c1-3-4-5-6-7-8-9-10-11-12-16-25-34(40)38(28-31-22-19-26-42-31)29(2)35-37-33-24-18-17-23-32(33)36(41)39(35)27-30-20-14-13-15-21-30;1-5-27-10-6-9-13-30(27)38-31(35-29-12-8-7-11-28(29)32(38)39)23(4)37(15-14-22(2)3)33(40)36-34-19-24-16-25(20-34)18-26(17-24)21-34;1-7-22(24-27-21-13-9-8-12-20(21)25(31)28(24)6)29(17-19-11-10-14-32-19)23(30)15-18(2)16-26(3,4)5;1-12(22(2)18(24)19-13-8-4-3-5-9-13)16-20-15-11-7-6-10-14(15)17(23)21-16/h13-15,17-24,26,29H,3-12,16,25,27-28H2,1-2H3;6-13,22-26H,5,14-21H2,1-4H3,(H,36,40);8-14,18,22H,7,15-17H2,1-6H3;6-7,10-13H,3-5,8-9H2,1-2H3,(H,19,24)(H,20,21,23). The van der Waals surface area contributed by atoms with Gasteiger partial charge in [0.05, 0.1) is 106 Å². The van der Waals surface area contributed by atoms with E-state index in [9.17, 15) is 38.4 Å². The van der Waals surface area contributed by atoms with Gasteiger partial charge in [-0.1, -0.05) is 243 Å². The van der Waals surface area contributed by atoms with Crippen LogP contribution in [0.3, 0.4) is 0 Å². The number of carbonyl (C=O) groups excluding carboxylic acids is 4. The highest BCUT2D eigenvalue weighted by Crippen LogP contribution is 2.56. The fourth-order valence-corrected chi connectivity index (χ4v) is 21.7. The molecule has 0 spiro atoms. The molecule has 0 aliphatic heterocycles. The summed E-state index contributed by atoms with van der Waals surface area (Å²) in [6, 6.07) is 53.6. The van der Waals surface area contributed by atoms with Crippen LogP contribution in [-0.2, 0) is 42.7 Å². The average molecular weight is 1880 g/mol. The number of hydrogen-bond acceptors (Lipinski definition) is 14. The second kappa shape index (κ2) is 49.0. The first-order chi connectivity index (χ1) is 66.5. The molecule has 12 aromatic rings. The SMILES string of the molecule is CC(c1nc2ccccc2c(=O)[nH]1)N(C)C(=O)NC1CCCCC1.CCC(c1nc2ccccc2c(=O)n1C)N(Cc1ccco1)C(=O)CC(C)CC(C)(C)C.CCCCCCCCCCCCCC(=O)N(Cc1ccco1)C(C)c1nc2ccccc2c(=O)n1Cc1ccccc1.CCc1ccccc1-n1c(C(C)N(CCC(C)C)C(=O)NC23CC4CC(CC(C4)C2)C3)nc2ccccc2c1=O. The van der Waals surface area contributed by atoms with Crippen LogP contribution in [0.4, 0.5) is 9.59 Å². The fraction of sp³-hybridized carbons (Fsp3) is 0.509. The average Bonchev–Trinajstić information content (AvgIpc) is 0.819. The number of furan rings is 2. The van der Waals surface area contributed by atoms with Gasteiger partial charge in [0.25, 0.3) is 22.2 Å². The summed E-state index contributed by atoms with van der Waals surface area (Å²) in [5, 5.41) is 9.00. The molecule has 736 valence electrons. The number of amides is 6. The lowest BCUT2D eigenvalue weighted by Gasteiger charge is -2.57. The van der Waals surface area contributed by atoms with Crippen LogP contribution in [0.1, 0.15) is 327 Å². The molecule has 24 heteroatoms. The van der Waals surface area contributed by atoms with Gasteiger partial charge < -0.3 is 44.1 Å². The topological polar surface area (TPSA) is 282 Å². The third-order valence-electron chi connectivity index (χ3n) is 28.7. The summed E-state index contributed by atoms with van der Waals surface area (Å²) in [7, 11) is 3.47. The van der Waals surface area contributed by atoms with Gasteiger partial charge in [0.15, 0.2) is 0 Å². The molecule has 5 unspecified atom stereocenters. The molecule has 138 heavy (non-hydrogen) atoms. The molecule has 17 rings (SSSR count). The first kappa shape index (κ1) is 103. The Balaban J connectivity index is 0.000000158. The number of nitrogens with one attached hydrogen (secondary N) is 3. The van der Waals surface area contributed by atoms with Crippen LogP contribution in [0.2, 0.25) is 0 Å². The van der Waals surface area contributed by atoms with E-state index in [1.807, 2.05) is 200 Å². The van der Waals surface area contributed by atoms with E-state index in [0.717, 1.165) is 98.8 Å². The number of aromatic amines is 1. The number of aryl methyl sites for hydroxylation is 1. The van der Waals surface area contributed by atoms with Crippen molar-refractivity contribution < 1.29 is 28.0 Å². The molecular formula is C114H150N14O10. The third-order valence-corrected chi connectivity index (χ3v) is 28.7. The second-order valence-corrected chi connectivity index (χ2v) is 41.2. The summed E-state index contributed by atoms with van der Waals surface area (Å²) in [5.41, 5.74) is 5.16. The van der Waals surface area contributed by atoms with Gasteiger partial charge in [-0.2, -0.15) is 0 Å². The number of benzene rings is 6. The molecule has 6 aromatic heterocycles. The number of unbranched alkanes of at least 4 members (excludes halogenated alkanes) is 10. The molecule has 5 fully saturated rings. The fourth-order valence-electron chi connectivity index (χ4n) is 21.7. The van der Waals surface area contributed by atoms with Crippen molar-refractivity contribution in [2.45, 2.75) is 318 Å². The summed E-state index contributed by atoms with van der Waals surface area (Å²) in [6.45, 7) is 27.0. The third kappa shape index (κ3) is 26.9. The molecule has 5 aliphatic rings. The summed E-state index contributed by atoms with van der Waals surface area (Å²) in [4.78, 5) is 136. The van der Waals surface area contributed by atoms with Crippen LogP contribution in [0, 0.1) is 35.0 Å². The Labute approximate surface area is 815 Å². The molecule has 6 aromatic carbocycles. The van der Waals surface area contributed by atoms with E-state index in [2.05, 4.69) is 82.1 Å². The lowest BCUT2D eigenvalue weighted by molar-refractivity contribution is -0.136. The number of urea groups is 2. The van der Waals surface area contributed by atoms with E-state index in [1.165, 1.54) is 96.3 Å². The maximum absolute atomic E-state index is 14.3. The number of hydrogen-bond donors (Lipinski definition) is 3. The van der Waals surface area contributed by atoms with Crippen molar-refractivity contribution in [3.8, 4) is 5.69 Å². The van der Waals surface area contributed by atoms with Gasteiger partial charge >= 0.3 is 12.1 Å². The Kier molecular flexibility index (Phi) is 36.7. The van der Waals surface area contributed by atoms with Crippen LogP contribution in [-0.4, -0.2) is 107 Å². The van der Waals surface area contributed by atoms with Crippen molar-refractivity contribution in [3.63, 3.8) is 0 Å². The Bertz CT molecular complexity index is 6210. The lowest BCUT2D eigenvalue weighted by atomic mass is 9.53. The van der Waals surface area contributed by atoms with Gasteiger partial charge in [-0.05, 0) is 229 Å². The van der Waals surface area contributed by atoms with Gasteiger partial charge in [-0.15, -0.1) is 0 Å². The minimum atomic E-state index is -0.420. The van der Waals surface area contributed by atoms with E-state index in [0.29, 0.717) is 130 Å². The highest BCUT2D eigenvalue weighted by molar-refractivity contribution is 5.82. The molecule has 4 bridgehead atoms. The summed E-state index contributed by atoms with van der Waals surface area (Å²) >= 11 is 0. The normalized spacial score (nSPS) is 17.3. The number of H-pyrrole nitrogens is 1. The van der Waals surface area contributed by atoms with Crippen LogP contribution < -0.4 is 32.9 Å². The van der Waals surface area contributed by atoms with E-state index in [1.54, 1.807) is 57.4 Å². The summed E-state index contributed by atoms with van der Waals surface area (Å²) < 4.78 is 16.3. The molecule has 3 N–H and O–H groups in total. The first-order valence-corrected chi connectivity index (χ1v) is 51.3. The number of aromatic nitrogens is 8. The van der Waals surface area contributed by atoms with Crippen LogP contribution in [0.5, 0.6) is 0 Å². The van der Waals surface area contributed by atoms with Crippen molar-refractivity contribution in [3.05, 3.63) is 276 Å². The second-order valence-electron chi connectivity index (χ2n) is 41.2. The quantitative estimate of drug-likeness (QED) is 0.0305. The van der Waals surface area contributed by atoms with Crippen molar-refractivity contribution in [2.24, 2.45) is 42.1 Å². The Morgan fingerprint density at radius 3 is 1.57 bits per heavy atom. The zero-order chi connectivity index (χ0) is 98.2. The van der Waals surface area contributed by atoms with Crippen LogP contribution >= 0.6 is 0 Å². The smallest absolute Gasteiger partial charge is 0.318 e.